The number of amides is 2. The molecule has 0 saturated carbocycles. The van der Waals surface area contributed by atoms with Crippen LogP contribution in [0.25, 0.3) is 0 Å². The first-order valence-electron chi connectivity index (χ1n) is 3.89. The van der Waals surface area contributed by atoms with Crippen LogP contribution < -0.4 is 11.1 Å². The van der Waals surface area contributed by atoms with Crippen LogP contribution >= 0.6 is 11.8 Å². The maximum atomic E-state index is 11.0. The standard InChI is InChI=1S/C7H12N2O2S/c8-2-1-3-12-5-4-6(10)9-7(5)11/h5H,1-4,8H2,(H,9,10,11). The van der Waals surface area contributed by atoms with Gasteiger partial charge in [0.05, 0.1) is 5.25 Å². The maximum absolute atomic E-state index is 11.0. The Balaban J connectivity index is 2.24. The Morgan fingerprint density at radius 3 is 2.83 bits per heavy atom. The van der Waals surface area contributed by atoms with Crippen molar-refractivity contribution in [2.24, 2.45) is 5.73 Å². The van der Waals surface area contributed by atoms with E-state index in [-0.39, 0.29) is 17.1 Å². The number of imide groups is 1. The second-order valence-electron chi connectivity index (χ2n) is 2.62. The molecule has 12 heavy (non-hydrogen) atoms. The lowest BCUT2D eigenvalue weighted by Gasteiger charge is -2.03. The first-order valence-corrected chi connectivity index (χ1v) is 4.94. The molecule has 1 heterocycles. The van der Waals surface area contributed by atoms with Gasteiger partial charge in [-0.25, -0.2) is 0 Å². The Hall–Kier alpha value is -0.550. The van der Waals surface area contributed by atoms with Crippen molar-refractivity contribution < 1.29 is 9.59 Å². The minimum atomic E-state index is -0.177. The van der Waals surface area contributed by atoms with Crippen LogP contribution in [0.2, 0.25) is 0 Å². The second-order valence-corrected chi connectivity index (χ2v) is 3.93. The second kappa shape index (κ2) is 4.47. The summed E-state index contributed by atoms with van der Waals surface area (Å²) in [5.41, 5.74) is 5.29. The summed E-state index contributed by atoms with van der Waals surface area (Å²) in [5, 5.41) is 2.09. The third kappa shape index (κ3) is 2.49. The number of nitrogens with two attached hydrogens (primary N) is 1. The van der Waals surface area contributed by atoms with Crippen LogP contribution in [0.5, 0.6) is 0 Å². The molecule has 0 spiro atoms. The van der Waals surface area contributed by atoms with Crippen LogP contribution in [-0.2, 0) is 9.59 Å². The fraction of sp³-hybridized carbons (Fsp3) is 0.714. The van der Waals surface area contributed by atoms with E-state index in [1.165, 1.54) is 11.8 Å². The first kappa shape index (κ1) is 9.54. The van der Waals surface area contributed by atoms with Gasteiger partial charge in [0.1, 0.15) is 0 Å². The van der Waals surface area contributed by atoms with E-state index in [4.69, 9.17) is 5.73 Å². The number of nitrogens with one attached hydrogen (secondary N) is 1. The topological polar surface area (TPSA) is 72.2 Å². The van der Waals surface area contributed by atoms with E-state index in [9.17, 15) is 9.59 Å². The molecule has 1 aliphatic rings. The summed E-state index contributed by atoms with van der Waals surface area (Å²) in [5.74, 6) is 0.536. The summed E-state index contributed by atoms with van der Waals surface area (Å²) in [6, 6.07) is 0. The summed E-state index contributed by atoms with van der Waals surface area (Å²) < 4.78 is 0. The lowest BCUT2D eigenvalue weighted by atomic mass is 10.4. The highest BCUT2D eigenvalue weighted by atomic mass is 32.2. The van der Waals surface area contributed by atoms with E-state index >= 15 is 0 Å². The van der Waals surface area contributed by atoms with Crippen molar-refractivity contribution in [3.05, 3.63) is 0 Å². The summed E-state index contributed by atoms with van der Waals surface area (Å²) >= 11 is 1.51. The molecule has 0 bridgehead atoms. The van der Waals surface area contributed by atoms with Crippen molar-refractivity contribution >= 4 is 23.6 Å². The molecule has 1 rings (SSSR count). The molecule has 2 amide bonds. The molecule has 1 aliphatic heterocycles. The van der Waals surface area contributed by atoms with Gasteiger partial charge in [-0.05, 0) is 18.7 Å². The van der Waals surface area contributed by atoms with Crippen LogP contribution in [0.15, 0.2) is 0 Å². The molecule has 1 atom stereocenters. The van der Waals surface area contributed by atoms with Crippen molar-refractivity contribution in [2.75, 3.05) is 12.3 Å². The lowest BCUT2D eigenvalue weighted by Crippen LogP contribution is -2.23. The SMILES string of the molecule is NCCCSC1CC(=O)NC1=O. The van der Waals surface area contributed by atoms with E-state index in [1.54, 1.807) is 0 Å². The van der Waals surface area contributed by atoms with Gasteiger partial charge in [0, 0.05) is 6.42 Å². The zero-order chi connectivity index (χ0) is 8.97. The van der Waals surface area contributed by atoms with Gasteiger partial charge >= 0.3 is 0 Å². The summed E-state index contributed by atoms with van der Waals surface area (Å²) in [7, 11) is 0. The average Bonchev–Trinajstić information content (AvgIpc) is 2.31. The minimum Gasteiger partial charge on any atom is -0.330 e. The molecule has 0 radical (unpaired) electrons. The average molecular weight is 188 g/mol. The molecule has 3 N–H and O–H groups in total. The number of hydrogen-bond acceptors (Lipinski definition) is 4. The van der Waals surface area contributed by atoms with Crippen molar-refractivity contribution in [2.45, 2.75) is 18.1 Å². The quantitative estimate of drug-likeness (QED) is 0.460. The molecule has 0 aromatic rings. The van der Waals surface area contributed by atoms with E-state index in [1.807, 2.05) is 0 Å². The molecular formula is C7H12N2O2S. The molecule has 1 saturated heterocycles. The van der Waals surface area contributed by atoms with Crippen LogP contribution in [0.3, 0.4) is 0 Å². The molecule has 4 nitrogen and oxygen atoms in total. The number of hydrogen-bond donors (Lipinski definition) is 2. The highest BCUT2D eigenvalue weighted by Crippen LogP contribution is 2.19. The molecule has 1 fully saturated rings. The fourth-order valence-electron chi connectivity index (χ4n) is 0.974. The number of carbonyl (C=O) groups is 2. The van der Waals surface area contributed by atoms with Gasteiger partial charge in [0.15, 0.2) is 0 Å². The summed E-state index contributed by atoms with van der Waals surface area (Å²) in [6.45, 7) is 0.634. The maximum Gasteiger partial charge on any atom is 0.240 e. The van der Waals surface area contributed by atoms with Gasteiger partial charge in [-0.3, -0.25) is 14.9 Å². The zero-order valence-corrected chi connectivity index (χ0v) is 7.52. The molecule has 68 valence electrons. The van der Waals surface area contributed by atoms with Crippen LogP contribution in [0.4, 0.5) is 0 Å². The van der Waals surface area contributed by atoms with Gasteiger partial charge < -0.3 is 5.73 Å². The summed E-state index contributed by atoms with van der Waals surface area (Å²) in [6.07, 6.45) is 1.22. The monoisotopic (exact) mass is 188 g/mol. The Kier molecular flexibility index (Phi) is 3.55. The summed E-state index contributed by atoms with van der Waals surface area (Å²) in [4.78, 5) is 21.7. The molecule has 0 aromatic carbocycles. The largest absolute Gasteiger partial charge is 0.330 e. The van der Waals surface area contributed by atoms with Crippen LogP contribution in [-0.4, -0.2) is 29.4 Å². The number of rotatable bonds is 4. The number of thioether (sulfide) groups is 1. The predicted molar refractivity (Wildman–Crippen MR) is 47.7 cm³/mol. The fourth-order valence-corrected chi connectivity index (χ4v) is 2.07. The van der Waals surface area contributed by atoms with Gasteiger partial charge in [0.2, 0.25) is 11.8 Å². The first-order chi connectivity index (χ1) is 5.74. The van der Waals surface area contributed by atoms with Crippen LogP contribution in [0, 0.1) is 0 Å². The minimum absolute atomic E-state index is 0.151. The molecule has 5 heteroatoms. The normalized spacial score (nSPS) is 22.9. The Morgan fingerprint density at radius 2 is 2.33 bits per heavy atom. The van der Waals surface area contributed by atoms with Crippen molar-refractivity contribution in [3.8, 4) is 0 Å². The molecular weight excluding hydrogens is 176 g/mol. The molecule has 1 unspecified atom stereocenters. The van der Waals surface area contributed by atoms with Gasteiger partial charge in [0.25, 0.3) is 0 Å². The van der Waals surface area contributed by atoms with Crippen molar-refractivity contribution in [1.29, 1.82) is 0 Å². The Bertz CT molecular complexity index is 196. The Labute approximate surface area is 75.3 Å². The van der Waals surface area contributed by atoms with E-state index < -0.39 is 0 Å². The van der Waals surface area contributed by atoms with Gasteiger partial charge in [-0.2, -0.15) is 0 Å². The third-order valence-electron chi connectivity index (χ3n) is 1.59. The van der Waals surface area contributed by atoms with E-state index in [0.29, 0.717) is 13.0 Å². The highest BCUT2D eigenvalue weighted by Gasteiger charge is 2.30. The third-order valence-corrected chi connectivity index (χ3v) is 2.90. The predicted octanol–water partition coefficient (Wildman–Crippen LogP) is -0.516. The lowest BCUT2D eigenvalue weighted by molar-refractivity contribution is -0.124. The number of carbonyl (C=O) groups excluding carboxylic acids is 2. The van der Waals surface area contributed by atoms with E-state index in [2.05, 4.69) is 5.32 Å². The van der Waals surface area contributed by atoms with Crippen molar-refractivity contribution in [3.63, 3.8) is 0 Å². The van der Waals surface area contributed by atoms with Gasteiger partial charge in [-0.1, -0.05) is 0 Å². The highest BCUT2D eigenvalue weighted by molar-refractivity contribution is 8.00. The zero-order valence-electron chi connectivity index (χ0n) is 6.71. The smallest absolute Gasteiger partial charge is 0.240 e. The Morgan fingerprint density at radius 1 is 1.58 bits per heavy atom. The van der Waals surface area contributed by atoms with E-state index in [0.717, 1.165) is 12.2 Å². The van der Waals surface area contributed by atoms with Crippen molar-refractivity contribution in [1.82, 2.24) is 5.32 Å². The molecule has 0 aromatic heterocycles. The molecule has 0 aliphatic carbocycles. The van der Waals surface area contributed by atoms with Gasteiger partial charge in [-0.15, -0.1) is 11.8 Å². The van der Waals surface area contributed by atoms with Crippen LogP contribution in [0.1, 0.15) is 12.8 Å².